The Morgan fingerprint density at radius 3 is 2.40 bits per heavy atom. The fourth-order valence-corrected chi connectivity index (χ4v) is 5.35. The van der Waals surface area contributed by atoms with Gasteiger partial charge >= 0.3 is 0 Å². The number of aromatic nitrogens is 1. The molecule has 9 nitrogen and oxygen atoms in total. The second-order valence-electron chi connectivity index (χ2n) is 8.39. The van der Waals surface area contributed by atoms with E-state index in [4.69, 9.17) is 33.1 Å². The van der Waals surface area contributed by atoms with Crippen LogP contribution in [0.1, 0.15) is 20.7 Å². The molecule has 0 aliphatic rings. The van der Waals surface area contributed by atoms with E-state index >= 15 is 0 Å². The van der Waals surface area contributed by atoms with E-state index in [1.807, 2.05) is 12.1 Å². The van der Waals surface area contributed by atoms with E-state index in [0.29, 0.717) is 32.6 Å². The van der Waals surface area contributed by atoms with Gasteiger partial charge in [0, 0.05) is 34.5 Å². The van der Waals surface area contributed by atoms with Gasteiger partial charge in [0.25, 0.3) is 11.8 Å². The number of hydroxylamine groups is 1. The molecule has 3 aromatic carbocycles. The first-order chi connectivity index (χ1) is 19.2. The van der Waals surface area contributed by atoms with Crippen molar-refractivity contribution in [3.05, 3.63) is 106 Å². The molecule has 40 heavy (non-hydrogen) atoms. The number of anilines is 1. The summed E-state index contributed by atoms with van der Waals surface area (Å²) >= 11 is 12.7. The molecule has 0 bridgehead atoms. The number of rotatable bonds is 10. The summed E-state index contributed by atoms with van der Waals surface area (Å²) < 4.78 is 21.6. The number of nitrogens with zero attached hydrogens (tertiary/aromatic N) is 1. The van der Waals surface area contributed by atoms with Gasteiger partial charge < -0.3 is 10.1 Å². The van der Waals surface area contributed by atoms with Crippen LogP contribution in [-0.2, 0) is 9.71 Å². The molecule has 1 atom stereocenters. The number of carbonyl (C=O) groups is 2. The predicted molar refractivity (Wildman–Crippen MR) is 157 cm³/mol. The Kier molecular flexibility index (Phi) is 9.41. The Labute approximate surface area is 241 Å². The van der Waals surface area contributed by atoms with Gasteiger partial charge in [0.2, 0.25) is 0 Å². The van der Waals surface area contributed by atoms with E-state index in [-0.39, 0.29) is 29.3 Å². The van der Waals surface area contributed by atoms with E-state index in [9.17, 15) is 13.8 Å². The van der Waals surface area contributed by atoms with Crippen LogP contribution in [0.25, 0.3) is 11.3 Å². The Hall–Kier alpha value is -3.93. The minimum Gasteiger partial charge on any atom is -0.492 e. The quantitative estimate of drug-likeness (QED) is 0.0871. The van der Waals surface area contributed by atoms with Gasteiger partial charge in [-0.15, -0.1) is 0 Å². The lowest BCUT2D eigenvalue weighted by Gasteiger charge is -2.14. The normalized spacial score (nSPS) is 12.3. The molecule has 0 aliphatic carbocycles. The standard InChI is InChI=1S/C28H24Cl2N4O5S/c1-40(38,32-14-15-39-20-8-5-18(6-9-20)27(35)34-37)21-10-11-22(25(30)17-21)28(36)33-19-7-12-24(29)23(16-19)26-4-2-3-13-31-26/h2-13,16-17,37H,1,14-15H2,(H,32,38)(H,33,36)(H,34,35). The molecule has 0 saturated carbocycles. The van der Waals surface area contributed by atoms with Crippen LogP contribution in [-0.4, -0.2) is 45.2 Å². The zero-order valence-electron chi connectivity index (χ0n) is 20.9. The Balaban J connectivity index is 1.36. The number of hydrogen-bond acceptors (Lipinski definition) is 6. The summed E-state index contributed by atoms with van der Waals surface area (Å²) in [6.45, 7) is 0.351. The number of hydrogen-bond donors (Lipinski definition) is 4. The summed E-state index contributed by atoms with van der Waals surface area (Å²) in [7, 11) is -2.95. The van der Waals surface area contributed by atoms with Crippen molar-refractivity contribution in [3.63, 3.8) is 0 Å². The second kappa shape index (κ2) is 12.9. The highest BCUT2D eigenvalue weighted by molar-refractivity contribution is 7.98. The first-order valence-electron chi connectivity index (χ1n) is 11.8. The van der Waals surface area contributed by atoms with Crippen LogP contribution >= 0.6 is 23.2 Å². The zero-order valence-corrected chi connectivity index (χ0v) is 23.2. The summed E-state index contributed by atoms with van der Waals surface area (Å²) in [5.74, 6) is 3.17. The maximum Gasteiger partial charge on any atom is 0.274 e. The molecule has 1 heterocycles. The molecular formula is C28H24Cl2N4O5S. The van der Waals surface area contributed by atoms with Crippen molar-refractivity contribution in [2.45, 2.75) is 4.90 Å². The van der Waals surface area contributed by atoms with Crippen LogP contribution < -0.4 is 20.3 Å². The molecule has 0 radical (unpaired) electrons. The topological polar surface area (TPSA) is 130 Å². The van der Waals surface area contributed by atoms with Crippen molar-refractivity contribution < 1.29 is 23.7 Å². The Morgan fingerprint density at radius 1 is 0.950 bits per heavy atom. The number of benzene rings is 3. The molecule has 0 saturated heterocycles. The third kappa shape index (κ3) is 7.17. The van der Waals surface area contributed by atoms with Crippen molar-refractivity contribution in [3.8, 4) is 17.0 Å². The smallest absolute Gasteiger partial charge is 0.274 e. The monoisotopic (exact) mass is 598 g/mol. The summed E-state index contributed by atoms with van der Waals surface area (Å²) in [6.07, 6.45) is 1.65. The van der Waals surface area contributed by atoms with Crippen molar-refractivity contribution in [2.75, 3.05) is 18.5 Å². The van der Waals surface area contributed by atoms with Gasteiger partial charge in [-0.05, 0) is 78.7 Å². The Bertz CT molecular complexity index is 1630. The molecule has 206 valence electrons. The second-order valence-corrected chi connectivity index (χ2v) is 11.3. The molecule has 4 aromatic rings. The van der Waals surface area contributed by atoms with Gasteiger partial charge in [-0.25, -0.2) is 14.4 Å². The Morgan fingerprint density at radius 2 is 1.73 bits per heavy atom. The lowest BCUT2D eigenvalue weighted by molar-refractivity contribution is 0.0706. The third-order valence-electron chi connectivity index (χ3n) is 5.66. The summed E-state index contributed by atoms with van der Waals surface area (Å²) in [6, 6.07) is 21.1. The fraction of sp³-hybridized carbons (Fsp3) is 0.0714. The van der Waals surface area contributed by atoms with E-state index in [0.717, 1.165) is 0 Å². The maximum absolute atomic E-state index is 13.2. The predicted octanol–water partition coefficient (Wildman–Crippen LogP) is 5.09. The zero-order chi connectivity index (χ0) is 28.7. The van der Waals surface area contributed by atoms with Gasteiger partial charge in [-0.3, -0.25) is 19.8 Å². The molecular weight excluding hydrogens is 575 g/mol. The maximum atomic E-state index is 13.2. The molecule has 0 aliphatic heterocycles. The number of pyridine rings is 1. The highest BCUT2D eigenvalue weighted by Crippen LogP contribution is 2.30. The van der Waals surface area contributed by atoms with Crippen molar-refractivity contribution >= 4 is 56.3 Å². The first-order valence-corrected chi connectivity index (χ1v) is 14.3. The summed E-state index contributed by atoms with van der Waals surface area (Å²) in [4.78, 5) is 28.9. The van der Waals surface area contributed by atoms with Crippen molar-refractivity contribution in [1.29, 1.82) is 0 Å². The summed E-state index contributed by atoms with van der Waals surface area (Å²) in [5.41, 5.74) is 3.85. The minimum absolute atomic E-state index is 0.107. The SMILES string of the molecule is C=S(=O)(NCCOc1ccc(C(=O)NO)cc1)c1ccc(C(=O)Nc2ccc(Cl)c(-c3ccccn3)c2)c(Cl)c1. The van der Waals surface area contributed by atoms with E-state index in [1.165, 1.54) is 30.3 Å². The first kappa shape index (κ1) is 29.1. The number of carbonyl (C=O) groups excluding carboxylic acids is 2. The van der Waals surface area contributed by atoms with E-state index in [1.54, 1.807) is 48.1 Å². The molecule has 1 unspecified atom stereocenters. The lowest BCUT2D eigenvalue weighted by atomic mass is 10.1. The van der Waals surface area contributed by atoms with Gasteiger partial charge in [-0.1, -0.05) is 29.3 Å². The highest BCUT2D eigenvalue weighted by atomic mass is 35.5. The van der Waals surface area contributed by atoms with Crippen LogP contribution in [0.5, 0.6) is 5.75 Å². The van der Waals surface area contributed by atoms with Crippen molar-refractivity contribution in [2.24, 2.45) is 0 Å². The molecule has 4 rings (SSSR count). The van der Waals surface area contributed by atoms with Crippen LogP contribution in [0, 0.1) is 0 Å². The van der Waals surface area contributed by atoms with Gasteiger partial charge in [-0.2, -0.15) is 0 Å². The largest absolute Gasteiger partial charge is 0.492 e. The van der Waals surface area contributed by atoms with Crippen LogP contribution in [0.4, 0.5) is 5.69 Å². The van der Waals surface area contributed by atoms with Gasteiger partial charge in [0.05, 0.1) is 31.0 Å². The minimum atomic E-state index is -2.95. The third-order valence-corrected chi connectivity index (χ3v) is 7.98. The molecule has 1 aromatic heterocycles. The molecule has 12 heteroatoms. The summed E-state index contributed by atoms with van der Waals surface area (Å²) in [5, 5.41) is 12.1. The van der Waals surface area contributed by atoms with E-state index < -0.39 is 21.5 Å². The van der Waals surface area contributed by atoms with Crippen LogP contribution in [0.3, 0.4) is 0 Å². The van der Waals surface area contributed by atoms with Crippen LogP contribution in [0.2, 0.25) is 10.0 Å². The number of amides is 2. The lowest BCUT2D eigenvalue weighted by Crippen LogP contribution is -2.28. The average molecular weight is 599 g/mol. The van der Waals surface area contributed by atoms with Crippen LogP contribution in [0.15, 0.2) is 90.0 Å². The number of ether oxygens (including phenoxy) is 1. The molecule has 2 amide bonds. The fourth-order valence-electron chi connectivity index (χ4n) is 3.63. The van der Waals surface area contributed by atoms with E-state index in [2.05, 4.69) is 20.9 Å². The number of halogens is 2. The molecule has 0 fully saturated rings. The number of nitrogens with one attached hydrogen (secondary N) is 3. The average Bonchev–Trinajstić information content (AvgIpc) is 2.96. The van der Waals surface area contributed by atoms with Gasteiger partial charge in [0.15, 0.2) is 0 Å². The molecule has 0 spiro atoms. The molecule has 4 N–H and O–H groups in total. The van der Waals surface area contributed by atoms with Gasteiger partial charge in [0.1, 0.15) is 12.4 Å². The highest BCUT2D eigenvalue weighted by Gasteiger charge is 2.16. The van der Waals surface area contributed by atoms with Crippen molar-refractivity contribution in [1.82, 2.24) is 15.2 Å².